The summed E-state index contributed by atoms with van der Waals surface area (Å²) in [6.07, 6.45) is 5.79. The van der Waals surface area contributed by atoms with E-state index in [1.54, 1.807) is 25.4 Å². The van der Waals surface area contributed by atoms with Gasteiger partial charge in [-0.3, -0.25) is 14.6 Å². The topological polar surface area (TPSA) is 98.8 Å². The van der Waals surface area contributed by atoms with Crippen molar-refractivity contribution in [3.63, 3.8) is 0 Å². The van der Waals surface area contributed by atoms with Crippen LogP contribution in [0.15, 0.2) is 79.0 Å². The Balaban J connectivity index is 1.24. The Morgan fingerprint density at radius 1 is 1.04 bits per heavy atom. The van der Waals surface area contributed by atoms with Crippen LogP contribution in [-0.2, 0) is 15.1 Å². The van der Waals surface area contributed by atoms with Crippen LogP contribution < -0.4 is 20.1 Å². The van der Waals surface area contributed by atoms with E-state index in [1.165, 1.54) is 12.1 Å². The van der Waals surface area contributed by atoms with E-state index in [9.17, 15) is 14.0 Å². The summed E-state index contributed by atoms with van der Waals surface area (Å²) in [4.78, 5) is 31.8. The van der Waals surface area contributed by atoms with E-state index >= 15 is 0 Å². The lowest BCUT2D eigenvalue weighted by Gasteiger charge is -2.24. The maximum Gasteiger partial charge on any atom is 0.255 e. The Morgan fingerprint density at radius 2 is 1.87 bits per heavy atom. The fourth-order valence-electron chi connectivity index (χ4n) is 6.69. The van der Waals surface area contributed by atoms with Crippen LogP contribution in [0.25, 0.3) is 11.1 Å². The van der Waals surface area contributed by atoms with Crippen molar-refractivity contribution < 1.29 is 28.2 Å². The first-order valence-electron chi connectivity index (χ1n) is 16.3. The van der Waals surface area contributed by atoms with Gasteiger partial charge in [-0.05, 0) is 110 Å². The number of ether oxygens (including phenoxy) is 3. The molecule has 7 rings (SSSR count). The number of nitrogens with zero attached hydrogens (tertiary/aromatic N) is 1. The number of halogens is 1. The minimum atomic E-state index is -0.644. The Bertz CT molecular complexity index is 1790. The molecule has 3 atom stereocenters. The van der Waals surface area contributed by atoms with E-state index in [0.717, 1.165) is 60.1 Å². The van der Waals surface area contributed by atoms with Crippen molar-refractivity contribution in [1.29, 1.82) is 0 Å². The third-order valence-corrected chi connectivity index (χ3v) is 9.47. The van der Waals surface area contributed by atoms with Gasteiger partial charge in [0.1, 0.15) is 35.9 Å². The molecule has 0 bridgehead atoms. The molecule has 3 unspecified atom stereocenters. The predicted octanol–water partition coefficient (Wildman–Crippen LogP) is 6.53. The molecule has 1 aliphatic carbocycles. The molecule has 242 valence electrons. The third kappa shape index (κ3) is 6.20. The van der Waals surface area contributed by atoms with Crippen LogP contribution in [0.5, 0.6) is 11.5 Å². The molecule has 0 radical (unpaired) electrons. The number of amides is 2. The van der Waals surface area contributed by atoms with Crippen LogP contribution in [0.1, 0.15) is 76.9 Å². The maximum atomic E-state index is 14.1. The highest BCUT2D eigenvalue weighted by Gasteiger charge is 2.47. The van der Waals surface area contributed by atoms with Gasteiger partial charge in [0.15, 0.2) is 0 Å². The van der Waals surface area contributed by atoms with Crippen molar-refractivity contribution in [2.24, 2.45) is 0 Å². The molecule has 2 amide bonds. The monoisotopic (exact) mass is 635 g/mol. The zero-order valence-electron chi connectivity index (χ0n) is 26.6. The predicted molar refractivity (Wildman–Crippen MR) is 175 cm³/mol. The first kappa shape index (κ1) is 30.9. The van der Waals surface area contributed by atoms with Crippen molar-refractivity contribution in [3.8, 4) is 22.6 Å². The number of rotatable bonds is 9. The molecule has 1 saturated carbocycles. The van der Waals surface area contributed by atoms with Crippen LogP contribution in [0.4, 0.5) is 4.39 Å². The number of carbonyl (C=O) groups is 2. The Kier molecular flexibility index (Phi) is 8.40. The van der Waals surface area contributed by atoms with E-state index in [2.05, 4.69) is 15.6 Å². The van der Waals surface area contributed by atoms with Gasteiger partial charge in [0.05, 0.1) is 22.9 Å². The summed E-state index contributed by atoms with van der Waals surface area (Å²) < 4.78 is 32.2. The molecule has 9 heteroatoms. The molecule has 2 N–H and O–H groups in total. The van der Waals surface area contributed by atoms with E-state index < -0.39 is 17.6 Å². The summed E-state index contributed by atoms with van der Waals surface area (Å²) in [6.45, 7) is 3.06. The van der Waals surface area contributed by atoms with Gasteiger partial charge in [0.25, 0.3) is 5.91 Å². The molecule has 3 aliphatic rings. The van der Waals surface area contributed by atoms with Gasteiger partial charge < -0.3 is 24.8 Å². The van der Waals surface area contributed by atoms with Crippen molar-refractivity contribution >= 4 is 11.8 Å². The van der Waals surface area contributed by atoms with Gasteiger partial charge in [-0.15, -0.1) is 0 Å². The molecule has 8 nitrogen and oxygen atoms in total. The SMILES string of the molecule is CNC(=O)C1c2cc(-c3cc(C(=O)NC4(c5ccccn5)CC4)c(OCC4CCCCO4)cc3C)ccc2OC1c1ccc(F)cc1. The van der Waals surface area contributed by atoms with E-state index in [4.69, 9.17) is 14.2 Å². The summed E-state index contributed by atoms with van der Waals surface area (Å²) in [7, 11) is 1.59. The lowest BCUT2D eigenvalue weighted by molar-refractivity contribution is -0.123. The zero-order chi connectivity index (χ0) is 32.5. The highest BCUT2D eigenvalue weighted by molar-refractivity contribution is 5.99. The minimum Gasteiger partial charge on any atom is -0.490 e. The molecule has 1 aromatic heterocycles. The molecule has 3 heterocycles. The first-order chi connectivity index (χ1) is 22.8. The van der Waals surface area contributed by atoms with Crippen LogP contribution in [-0.4, -0.2) is 43.2 Å². The second-order valence-corrected chi connectivity index (χ2v) is 12.6. The summed E-state index contributed by atoms with van der Waals surface area (Å²) in [5, 5.41) is 6.03. The number of hydrogen-bond acceptors (Lipinski definition) is 6. The summed E-state index contributed by atoms with van der Waals surface area (Å²) in [5.74, 6) is -0.355. The second-order valence-electron chi connectivity index (χ2n) is 12.6. The van der Waals surface area contributed by atoms with Gasteiger partial charge >= 0.3 is 0 Å². The Labute approximate surface area is 273 Å². The van der Waals surface area contributed by atoms with Crippen molar-refractivity contribution in [2.75, 3.05) is 20.3 Å². The molecule has 2 fully saturated rings. The zero-order valence-corrected chi connectivity index (χ0v) is 26.6. The van der Waals surface area contributed by atoms with Gasteiger partial charge in [0, 0.05) is 25.4 Å². The Hall–Kier alpha value is -4.76. The van der Waals surface area contributed by atoms with Crippen molar-refractivity contribution in [1.82, 2.24) is 15.6 Å². The molecule has 47 heavy (non-hydrogen) atoms. The number of benzene rings is 3. The molecule has 2 aliphatic heterocycles. The fourth-order valence-corrected chi connectivity index (χ4v) is 6.69. The number of nitrogens with one attached hydrogen (secondary N) is 2. The average molecular weight is 636 g/mol. The van der Waals surface area contributed by atoms with Crippen LogP contribution in [0.3, 0.4) is 0 Å². The fraction of sp³-hybridized carbons (Fsp3) is 0.342. The Morgan fingerprint density at radius 3 is 2.57 bits per heavy atom. The molecular formula is C38H38FN3O5. The largest absolute Gasteiger partial charge is 0.490 e. The molecule has 0 spiro atoms. The standard InChI is InChI=1S/C38H38FN3O5/c1-23-19-32(46-22-27-7-4-6-18-45-27)30(36(43)42-38(15-16-38)33-8-3-5-17-41-33)21-28(23)25-11-14-31-29(20-25)34(37(44)40-2)35(47-31)24-9-12-26(39)13-10-24/h3,5,8-14,17,19-21,27,34-35H,4,6-7,15-16,18,22H2,1-2H3,(H,40,44)(H,42,43). The van der Waals surface area contributed by atoms with E-state index in [0.29, 0.717) is 35.8 Å². The highest BCUT2D eigenvalue weighted by Crippen LogP contribution is 2.48. The minimum absolute atomic E-state index is 0.0182. The number of pyridine rings is 1. The number of carbonyl (C=O) groups excluding carboxylic acids is 2. The van der Waals surface area contributed by atoms with Gasteiger partial charge in [-0.2, -0.15) is 0 Å². The lowest BCUT2D eigenvalue weighted by Crippen LogP contribution is -2.36. The quantitative estimate of drug-likeness (QED) is 0.217. The normalized spacial score (nSPS) is 20.9. The van der Waals surface area contributed by atoms with Gasteiger partial charge in [-0.25, -0.2) is 4.39 Å². The highest BCUT2D eigenvalue weighted by atomic mass is 19.1. The number of aryl methyl sites for hydroxylation is 1. The van der Waals surface area contributed by atoms with Gasteiger partial charge in [-0.1, -0.05) is 24.3 Å². The maximum absolute atomic E-state index is 14.1. The smallest absolute Gasteiger partial charge is 0.255 e. The first-order valence-corrected chi connectivity index (χ1v) is 16.3. The number of aromatic nitrogens is 1. The average Bonchev–Trinajstić information content (AvgIpc) is 3.79. The lowest BCUT2D eigenvalue weighted by atomic mass is 9.88. The van der Waals surface area contributed by atoms with E-state index in [-0.39, 0.29) is 23.7 Å². The summed E-state index contributed by atoms with van der Waals surface area (Å²) in [5.41, 5.74) is 4.77. The number of fused-ring (bicyclic) bond motifs is 1. The van der Waals surface area contributed by atoms with E-state index in [1.807, 2.05) is 55.5 Å². The molecule has 4 aromatic rings. The van der Waals surface area contributed by atoms with Crippen molar-refractivity contribution in [3.05, 3.63) is 113 Å². The molecule has 1 saturated heterocycles. The number of likely N-dealkylation sites (N-methyl/N-ethyl adjacent to an activating group) is 1. The van der Waals surface area contributed by atoms with Crippen LogP contribution in [0.2, 0.25) is 0 Å². The summed E-state index contributed by atoms with van der Waals surface area (Å²) in [6, 6.07) is 21.3. The van der Waals surface area contributed by atoms with Gasteiger partial charge in [0.2, 0.25) is 5.91 Å². The summed E-state index contributed by atoms with van der Waals surface area (Å²) >= 11 is 0. The van der Waals surface area contributed by atoms with Crippen LogP contribution in [0, 0.1) is 12.7 Å². The van der Waals surface area contributed by atoms with Crippen molar-refractivity contribution in [2.45, 2.75) is 62.7 Å². The second kappa shape index (κ2) is 12.8. The number of hydrogen-bond donors (Lipinski definition) is 2. The third-order valence-electron chi connectivity index (χ3n) is 9.47. The van der Waals surface area contributed by atoms with Crippen LogP contribution >= 0.6 is 0 Å². The molecular weight excluding hydrogens is 597 g/mol. The molecule has 3 aromatic carbocycles.